The Morgan fingerprint density at radius 3 is 1.72 bits per heavy atom. The molecule has 0 saturated carbocycles. The summed E-state index contributed by atoms with van der Waals surface area (Å²) in [5, 5.41) is 85.8. The summed E-state index contributed by atoms with van der Waals surface area (Å²) in [7, 11) is 0. The second-order valence-corrected chi connectivity index (χ2v) is 16.2. The number of nitrogens with one attached hydrogen (secondary N) is 1. The van der Waals surface area contributed by atoms with Crippen molar-refractivity contribution < 1.29 is 64.6 Å². The fourth-order valence-electron chi connectivity index (χ4n) is 7.38. The second-order valence-electron chi connectivity index (χ2n) is 16.2. The Labute approximate surface area is 348 Å². The lowest BCUT2D eigenvalue weighted by atomic mass is 9.97. The fourth-order valence-corrected chi connectivity index (χ4v) is 7.38. The van der Waals surface area contributed by atoms with Crippen LogP contribution in [0.25, 0.3) is 0 Å². The van der Waals surface area contributed by atoms with Gasteiger partial charge in [-0.05, 0) is 44.9 Å². The molecule has 1 amide bonds. The molecule has 58 heavy (non-hydrogen) atoms. The summed E-state index contributed by atoms with van der Waals surface area (Å²) >= 11 is 0. The van der Waals surface area contributed by atoms with Gasteiger partial charge in [0.15, 0.2) is 12.6 Å². The van der Waals surface area contributed by atoms with E-state index in [1.54, 1.807) is 0 Å². The van der Waals surface area contributed by atoms with Gasteiger partial charge in [-0.15, -0.1) is 0 Å². The van der Waals surface area contributed by atoms with Crippen molar-refractivity contribution in [2.24, 2.45) is 0 Å². The molecule has 2 rings (SSSR count). The van der Waals surface area contributed by atoms with Crippen LogP contribution < -0.4 is 5.32 Å². The quantitative estimate of drug-likeness (QED) is 0.0334. The van der Waals surface area contributed by atoms with E-state index in [0.29, 0.717) is 12.8 Å². The highest BCUT2D eigenvalue weighted by Crippen LogP contribution is 2.30. The number of ether oxygens (including phenoxy) is 4. The van der Waals surface area contributed by atoms with Gasteiger partial charge in [-0.2, -0.15) is 0 Å². The molecule has 14 nitrogen and oxygen atoms in total. The van der Waals surface area contributed by atoms with Gasteiger partial charge in [-0.3, -0.25) is 4.79 Å². The number of aliphatic hydroxyl groups is 8. The van der Waals surface area contributed by atoms with E-state index in [1.807, 2.05) is 6.92 Å². The van der Waals surface area contributed by atoms with Crippen molar-refractivity contribution in [2.45, 2.75) is 229 Å². The minimum atomic E-state index is -1.78. The molecule has 2 fully saturated rings. The van der Waals surface area contributed by atoms with E-state index < -0.39 is 86.8 Å². The predicted molar refractivity (Wildman–Crippen MR) is 221 cm³/mol. The Balaban J connectivity index is 1.69. The summed E-state index contributed by atoms with van der Waals surface area (Å²) in [6.45, 7) is 2.64. The minimum Gasteiger partial charge on any atom is -0.394 e. The third-order valence-corrected chi connectivity index (χ3v) is 11.2. The number of unbranched alkanes of at least 4 members (excludes halogenated alkanes) is 16. The van der Waals surface area contributed by atoms with Crippen LogP contribution in [0.4, 0.5) is 0 Å². The van der Waals surface area contributed by atoms with E-state index in [9.17, 15) is 45.6 Å². The summed E-state index contributed by atoms with van der Waals surface area (Å²) in [4.78, 5) is 13.0. The van der Waals surface area contributed by atoms with E-state index >= 15 is 0 Å². The number of hydrogen-bond donors (Lipinski definition) is 9. The molecule has 2 aliphatic heterocycles. The molecule has 2 heterocycles. The summed E-state index contributed by atoms with van der Waals surface area (Å²) < 4.78 is 22.5. The first-order chi connectivity index (χ1) is 28.1. The number of carbonyl (C=O) groups excluding carboxylic acids is 1. The van der Waals surface area contributed by atoms with Gasteiger partial charge in [-0.1, -0.05) is 128 Å². The van der Waals surface area contributed by atoms with Crippen LogP contribution in [0, 0.1) is 0 Å². The van der Waals surface area contributed by atoms with Crippen LogP contribution in [0.3, 0.4) is 0 Å². The first kappa shape index (κ1) is 52.6. The highest BCUT2D eigenvalue weighted by Gasteiger charge is 2.51. The van der Waals surface area contributed by atoms with Gasteiger partial charge in [0.2, 0.25) is 5.91 Å². The Morgan fingerprint density at radius 2 is 1.14 bits per heavy atom. The van der Waals surface area contributed by atoms with Crippen molar-refractivity contribution in [3.05, 3.63) is 24.3 Å². The zero-order valence-corrected chi connectivity index (χ0v) is 35.5. The largest absolute Gasteiger partial charge is 0.394 e. The third kappa shape index (κ3) is 20.4. The Morgan fingerprint density at radius 1 is 0.621 bits per heavy atom. The molecule has 0 bridgehead atoms. The van der Waals surface area contributed by atoms with E-state index in [-0.39, 0.29) is 12.5 Å². The van der Waals surface area contributed by atoms with Crippen LogP contribution >= 0.6 is 0 Å². The molecule has 2 saturated heterocycles. The number of aliphatic hydroxyl groups excluding tert-OH is 8. The predicted octanol–water partition coefficient (Wildman–Crippen LogP) is 4.21. The lowest BCUT2D eigenvalue weighted by molar-refractivity contribution is -0.359. The van der Waals surface area contributed by atoms with Crippen LogP contribution in [0.2, 0.25) is 0 Å². The van der Waals surface area contributed by atoms with Crippen molar-refractivity contribution in [2.75, 3.05) is 19.8 Å². The van der Waals surface area contributed by atoms with Crippen LogP contribution in [0.5, 0.6) is 0 Å². The third-order valence-electron chi connectivity index (χ3n) is 11.2. The van der Waals surface area contributed by atoms with Gasteiger partial charge in [0.05, 0.1) is 32.0 Å². The maximum absolute atomic E-state index is 13.0. The molecule has 12 unspecified atom stereocenters. The maximum atomic E-state index is 13.0. The molecule has 0 radical (unpaired) electrons. The first-order valence-electron chi connectivity index (χ1n) is 22.6. The maximum Gasteiger partial charge on any atom is 0.220 e. The Bertz CT molecular complexity index is 1080. The highest BCUT2D eigenvalue weighted by molar-refractivity contribution is 5.76. The summed E-state index contributed by atoms with van der Waals surface area (Å²) in [6, 6.07) is -0.824. The van der Waals surface area contributed by atoms with Crippen molar-refractivity contribution >= 4 is 5.91 Å². The van der Waals surface area contributed by atoms with Crippen LogP contribution in [0.15, 0.2) is 24.3 Å². The zero-order valence-electron chi connectivity index (χ0n) is 35.5. The topological polar surface area (TPSA) is 228 Å². The molecular formula is C44H81NO13. The minimum absolute atomic E-state index is 0.225. The summed E-state index contributed by atoms with van der Waals surface area (Å²) in [6.07, 6.45) is 15.8. The lowest BCUT2D eigenvalue weighted by Gasteiger charge is -2.46. The van der Waals surface area contributed by atoms with Gasteiger partial charge < -0.3 is 65.1 Å². The van der Waals surface area contributed by atoms with Crippen molar-refractivity contribution in [1.29, 1.82) is 0 Å². The average molecular weight is 832 g/mol. The van der Waals surface area contributed by atoms with E-state index in [4.69, 9.17) is 18.9 Å². The normalized spacial score (nSPS) is 29.0. The fraction of sp³-hybridized carbons (Fsp3) is 0.886. The number of amides is 1. The summed E-state index contributed by atoms with van der Waals surface area (Å²) in [5.74, 6) is -0.225. The van der Waals surface area contributed by atoms with Gasteiger partial charge >= 0.3 is 0 Å². The number of hydrogen-bond acceptors (Lipinski definition) is 13. The van der Waals surface area contributed by atoms with Crippen LogP contribution in [-0.2, 0) is 23.7 Å². The molecular weight excluding hydrogens is 750 g/mol. The highest BCUT2D eigenvalue weighted by atomic mass is 16.7. The molecule has 340 valence electrons. The van der Waals surface area contributed by atoms with E-state index in [1.165, 1.54) is 70.6 Å². The van der Waals surface area contributed by atoms with Crippen LogP contribution in [-0.4, -0.2) is 140 Å². The molecule has 9 N–H and O–H groups in total. The standard InChI is InChI=1S/C44H81NO13/c1-3-5-7-8-9-10-11-12-13-14-15-16-17-18-19-20-21-22-23-24-26-28-36(49)45-32(33(48)27-25-6-4-2)31-55-43-41(54)39(52)42(35(30-47)57-43)58-44-40(53)38(51)37(50)34(29-46)56-44/h11-12,14-15,32-35,37-44,46-48,50-54H,3-10,13,16-31H2,1-2H3,(H,45,49)/b12-11-,15-14-. The average Bonchev–Trinajstić information content (AvgIpc) is 3.22. The van der Waals surface area contributed by atoms with E-state index in [0.717, 1.165) is 57.8 Å². The number of carbonyl (C=O) groups is 1. The zero-order chi connectivity index (χ0) is 42.5. The molecule has 0 aliphatic carbocycles. The molecule has 0 aromatic carbocycles. The number of rotatable bonds is 33. The van der Waals surface area contributed by atoms with Gasteiger partial charge in [0, 0.05) is 6.42 Å². The number of allylic oxidation sites excluding steroid dienone is 4. The van der Waals surface area contributed by atoms with Crippen LogP contribution in [0.1, 0.15) is 155 Å². The molecule has 14 heteroatoms. The summed E-state index contributed by atoms with van der Waals surface area (Å²) in [5.41, 5.74) is 0. The van der Waals surface area contributed by atoms with Crippen molar-refractivity contribution in [1.82, 2.24) is 5.32 Å². The van der Waals surface area contributed by atoms with Gasteiger partial charge in [0.25, 0.3) is 0 Å². The molecule has 0 spiro atoms. The monoisotopic (exact) mass is 832 g/mol. The molecule has 2 aliphatic rings. The smallest absolute Gasteiger partial charge is 0.220 e. The van der Waals surface area contributed by atoms with Crippen molar-refractivity contribution in [3.8, 4) is 0 Å². The second kappa shape index (κ2) is 32.2. The van der Waals surface area contributed by atoms with Gasteiger partial charge in [0.1, 0.15) is 48.8 Å². The van der Waals surface area contributed by atoms with Crippen molar-refractivity contribution in [3.63, 3.8) is 0 Å². The SMILES string of the molecule is CCCCCCC/C=C\C/C=C\CCCCCCCCCCCC(=O)NC(COC1OC(CO)C(OC2OC(CO)C(O)C(O)C2O)C(O)C1O)C(O)CCCCC. The molecule has 0 aromatic rings. The first-order valence-corrected chi connectivity index (χ1v) is 22.6. The molecule has 12 atom stereocenters. The van der Waals surface area contributed by atoms with Gasteiger partial charge in [-0.25, -0.2) is 0 Å². The Hall–Kier alpha value is -1.53. The molecule has 0 aromatic heterocycles. The Kier molecular flexibility index (Phi) is 29.2. The van der Waals surface area contributed by atoms with E-state index in [2.05, 4.69) is 36.5 Å². The lowest BCUT2D eigenvalue weighted by Crippen LogP contribution is -2.65.